The molecule has 1 heterocycles. The van der Waals surface area contributed by atoms with Crippen molar-refractivity contribution in [1.82, 2.24) is 4.81 Å². The molecule has 6 heteroatoms. The van der Waals surface area contributed by atoms with E-state index in [2.05, 4.69) is 48.7 Å². The van der Waals surface area contributed by atoms with Gasteiger partial charge in [0, 0.05) is 47.1 Å². The van der Waals surface area contributed by atoms with Gasteiger partial charge in [0.1, 0.15) is 0 Å². The Hall–Kier alpha value is -1.40. The lowest BCUT2D eigenvalue weighted by Gasteiger charge is -2.36. The van der Waals surface area contributed by atoms with E-state index in [1.54, 1.807) is 20.8 Å². The summed E-state index contributed by atoms with van der Waals surface area (Å²) in [5.41, 5.74) is 2.43. The molecular formula is C18H26BN2O2S. The summed E-state index contributed by atoms with van der Waals surface area (Å²) >= 11 is 1.87. The Morgan fingerprint density at radius 3 is 2.50 bits per heavy atom. The Kier molecular flexibility index (Phi) is 6.81. The van der Waals surface area contributed by atoms with Crippen LogP contribution in [0, 0.1) is 0 Å². The van der Waals surface area contributed by atoms with Gasteiger partial charge in [-0.3, -0.25) is 0 Å². The van der Waals surface area contributed by atoms with Crippen molar-refractivity contribution in [2.75, 3.05) is 38.2 Å². The lowest BCUT2D eigenvalue weighted by atomic mass is 9.93. The first kappa shape index (κ1) is 18.9. The van der Waals surface area contributed by atoms with E-state index in [9.17, 15) is 4.79 Å². The van der Waals surface area contributed by atoms with E-state index in [-0.39, 0.29) is 4.75 Å². The average molecular weight is 345 g/mol. The van der Waals surface area contributed by atoms with Crippen LogP contribution in [-0.4, -0.2) is 56.4 Å². The number of nitrogens with zero attached hydrogens (tertiary/aromatic N) is 2. The summed E-state index contributed by atoms with van der Waals surface area (Å²) in [5.74, 6) is 0. The Morgan fingerprint density at radius 1 is 1.21 bits per heavy atom. The number of carbonyl (C=O) groups is 1. The van der Waals surface area contributed by atoms with Gasteiger partial charge < -0.3 is 19.2 Å². The van der Waals surface area contributed by atoms with Gasteiger partial charge >= 0.3 is 0 Å². The van der Waals surface area contributed by atoms with E-state index < -0.39 is 0 Å². The maximum Gasteiger partial charge on any atom is 0.293 e. The summed E-state index contributed by atoms with van der Waals surface area (Å²) in [6, 6.07) is 6.46. The number of piperazine rings is 1. The number of benzene rings is 1. The van der Waals surface area contributed by atoms with Crippen LogP contribution in [0.1, 0.15) is 26.3 Å². The molecule has 1 aliphatic heterocycles. The largest absolute Gasteiger partial charge is 0.504 e. The van der Waals surface area contributed by atoms with Crippen LogP contribution < -0.4 is 4.90 Å². The predicted octanol–water partition coefficient (Wildman–Crippen LogP) is 3.13. The molecule has 1 saturated heterocycles. The molecule has 0 unspecified atom stereocenters. The highest BCUT2D eigenvalue weighted by atomic mass is 32.2. The average Bonchev–Trinajstić information content (AvgIpc) is 2.53. The maximum atomic E-state index is 10.6. The van der Waals surface area contributed by atoms with Gasteiger partial charge in [0.15, 0.2) is 0 Å². The highest BCUT2D eigenvalue weighted by Crippen LogP contribution is 2.38. The molecule has 1 aliphatic rings. The monoisotopic (exact) mass is 345 g/mol. The van der Waals surface area contributed by atoms with Crippen molar-refractivity contribution in [3.63, 3.8) is 0 Å². The third-order valence-corrected chi connectivity index (χ3v) is 4.94. The molecule has 1 aromatic rings. The number of rotatable bonds is 6. The Labute approximate surface area is 150 Å². The van der Waals surface area contributed by atoms with Crippen LogP contribution in [0.25, 0.3) is 6.08 Å². The molecule has 0 saturated carbocycles. The quantitative estimate of drug-likeness (QED) is 0.342. The van der Waals surface area contributed by atoms with Crippen LogP contribution >= 0.6 is 11.8 Å². The smallest absolute Gasteiger partial charge is 0.293 e. The van der Waals surface area contributed by atoms with E-state index in [4.69, 9.17) is 4.74 Å². The molecule has 0 amide bonds. The van der Waals surface area contributed by atoms with Crippen molar-refractivity contribution in [3.05, 3.63) is 30.0 Å². The molecule has 1 fully saturated rings. The molecule has 0 aromatic heterocycles. The Morgan fingerprint density at radius 2 is 1.92 bits per heavy atom. The predicted molar refractivity (Wildman–Crippen MR) is 104 cm³/mol. The SMILES string of the molecule is COC=Cc1c(SC(C)(C)C)cccc1N1CCN([B]C=O)CC1. The molecule has 0 N–H and O–H groups in total. The zero-order valence-electron chi connectivity index (χ0n) is 15.0. The van der Waals surface area contributed by atoms with E-state index in [0.717, 1.165) is 32.4 Å². The molecule has 1 radical (unpaired) electrons. The fraction of sp³-hybridized carbons (Fsp3) is 0.500. The van der Waals surface area contributed by atoms with Crippen molar-refractivity contribution >= 4 is 37.1 Å². The molecule has 1 aromatic carbocycles. The van der Waals surface area contributed by atoms with Gasteiger partial charge in [-0.25, -0.2) is 0 Å². The molecule has 4 nitrogen and oxygen atoms in total. The third-order valence-electron chi connectivity index (χ3n) is 3.76. The number of anilines is 1. The summed E-state index contributed by atoms with van der Waals surface area (Å²) in [7, 11) is 3.30. The Bertz CT molecular complexity index is 579. The number of ether oxygens (including phenoxy) is 1. The molecule has 0 spiro atoms. The van der Waals surface area contributed by atoms with Crippen LogP contribution in [0.2, 0.25) is 0 Å². The molecule has 0 aliphatic carbocycles. The van der Waals surface area contributed by atoms with E-state index in [1.807, 2.05) is 17.8 Å². The molecule has 24 heavy (non-hydrogen) atoms. The van der Waals surface area contributed by atoms with Gasteiger partial charge in [0.25, 0.3) is 7.41 Å². The standard InChI is InChI=1S/C18H26BN2O2S/c1-18(2,3)24-17-7-5-6-16(15(17)8-13-23-4)20-9-11-21(12-10-20)19-14-22/h5-8,13-14H,9-12H2,1-4H3. The van der Waals surface area contributed by atoms with Crippen LogP contribution in [-0.2, 0) is 9.53 Å². The number of hydrogen-bond acceptors (Lipinski definition) is 5. The molecule has 0 atom stereocenters. The topological polar surface area (TPSA) is 32.8 Å². The summed E-state index contributed by atoms with van der Waals surface area (Å²) < 4.78 is 5.31. The summed E-state index contributed by atoms with van der Waals surface area (Å²) in [6.07, 6.45) is 4.65. The normalized spacial score (nSPS) is 16.4. The van der Waals surface area contributed by atoms with E-state index in [1.165, 1.54) is 16.1 Å². The zero-order chi connectivity index (χ0) is 17.6. The summed E-state index contributed by atoms with van der Waals surface area (Å²) in [5, 5.41) is 0. The summed E-state index contributed by atoms with van der Waals surface area (Å²) in [4.78, 5) is 16.4. The number of methoxy groups -OCH3 is 1. The summed E-state index contributed by atoms with van der Waals surface area (Å²) in [6.45, 7) is 10.2. The molecule has 0 bridgehead atoms. The highest BCUT2D eigenvalue weighted by Gasteiger charge is 2.21. The fourth-order valence-corrected chi connectivity index (χ4v) is 3.82. The first-order valence-corrected chi connectivity index (χ1v) is 9.05. The minimum Gasteiger partial charge on any atom is -0.504 e. The van der Waals surface area contributed by atoms with E-state index >= 15 is 0 Å². The van der Waals surface area contributed by atoms with Crippen molar-refractivity contribution in [3.8, 4) is 0 Å². The van der Waals surface area contributed by atoms with Crippen LogP contribution in [0.5, 0.6) is 0 Å². The van der Waals surface area contributed by atoms with Crippen molar-refractivity contribution in [1.29, 1.82) is 0 Å². The zero-order valence-corrected chi connectivity index (χ0v) is 15.8. The fourth-order valence-electron chi connectivity index (χ4n) is 2.73. The van der Waals surface area contributed by atoms with Crippen molar-refractivity contribution in [2.45, 2.75) is 30.4 Å². The molecule has 129 valence electrons. The third kappa shape index (κ3) is 5.31. The number of thioether (sulfide) groups is 1. The van der Waals surface area contributed by atoms with Crippen molar-refractivity contribution in [2.24, 2.45) is 0 Å². The number of hydrogen-bond donors (Lipinski definition) is 0. The minimum atomic E-state index is 0.145. The maximum absolute atomic E-state index is 10.6. The lowest BCUT2D eigenvalue weighted by molar-refractivity contribution is 0.341. The van der Waals surface area contributed by atoms with Gasteiger partial charge in [-0.15, -0.1) is 11.8 Å². The van der Waals surface area contributed by atoms with Gasteiger partial charge in [0.2, 0.25) is 0 Å². The van der Waals surface area contributed by atoms with Crippen LogP contribution in [0.4, 0.5) is 5.69 Å². The second-order valence-corrected chi connectivity index (χ2v) is 8.62. The van der Waals surface area contributed by atoms with Gasteiger partial charge in [-0.05, 0) is 18.2 Å². The highest BCUT2D eigenvalue weighted by molar-refractivity contribution is 8.00. The van der Waals surface area contributed by atoms with E-state index in [0.29, 0.717) is 0 Å². The lowest BCUT2D eigenvalue weighted by Crippen LogP contribution is -2.48. The van der Waals surface area contributed by atoms with Crippen molar-refractivity contribution < 1.29 is 9.53 Å². The first-order chi connectivity index (χ1) is 11.4. The van der Waals surface area contributed by atoms with Gasteiger partial charge in [-0.2, -0.15) is 0 Å². The molecule has 2 rings (SSSR count). The second kappa shape index (κ2) is 8.63. The Balaban J connectivity index is 2.27. The minimum absolute atomic E-state index is 0.145. The second-order valence-electron chi connectivity index (χ2n) is 6.75. The first-order valence-electron chi connectivity index (χ1n) is 8.23. The number of carbonyl (C=O) groups excluding carboxylic acids is 1. The molecular weight excluding hydrogens is 319 g/mol. The van der Waals surface area contributed by atoms with Gasteiger partial charge in [0.05, 0.1) is 19.6 Å². The van der Waals surface area contributed by atoms with Gasteiger partial charge in [-0.1, -0.05) is 26.8 Å². The van der Waals surface area contributed by atoms with Crippen LogP contribution in [0.3, 0.4) is 0 Å². The van der Waals surface area contributed by atoms with Crippen LogP contribution in [0.15, 0.2) is 29.4 Å².